The Morgan fingerprint density at radius 3 is 2.85 bits per heavy atom. The molecule has 8 nitrogen and oxygen atoms in total. The molecule has 1 atom stereocenters. The van der Waals surface area contributed by atoms with Crippen molar-refractivity contribution in [3.63, 3.8) is 0 Å². The molecule has 0 spiro atoms. The molecule has 0 saturated carbocycles. The number of aliphatic imine (C=N–C) groups is 3. The summed E-state index contributed by atoms with van der Waals surface area (Å²) in [4.78, 5) is 25.2. The number of rotatable bonds is 2. The lowest BCUT2D eigenvalue weighted by molar-refractivity contribution is 0.703. The highest BCUT2D eigenvalue weighted by atomic mass is 15.5. The number of hydrogen-bond donors (Lipinski definition) is 0. The Morgan fingerprint density at radius 1 is 1.00 bits per heavy atom. The number of aromatic nitrogens is 4. The summed E-state index contributed by atoms with van der Waals surface area (Å²) < 4.78 is 2.03. The minimum Gasteiger partial charge on any atom is -0.259 e. The summed E-state index contributed by atoms with van der Waals surface area (Å²) in [6.07, 6.45) is 15.1. The Labute approximate surface area is 113 Å². The average Bonchev–Trinajstić information content (AvgIpc) is 3.15. The van der Waals surface area contributed by atoms with Crippen molar-refractivity contribution in [2.24, 2.45) is 15.0 Å². The lowest BCUT2D eigenvalue weighted by Crippen LogP contribution is -2.45. The van der Waals surface area contributed by atoms with E-state index in [9.17, 15) is 0 Å². The minimum atomic E-state index is 0.188. The van der Waals surface area contributed by atoms with Crippen molar-refractivity contribution in [3.8, 4) is 5.82 Å². The van der Waals surface area contributed by atoms with Crippen LogP contribution in [-0.4, -0.2) is 38.5 Å². The second kappa shape index (κ2) is 4.00. The maximum absolute atomic E-state index is 4.29. The summed E-state index contributed by atoms with van der Waals surface area (Å²) in [5.41, 5.74) is 0. The minimum absolute atomic E-state index is 0.188. The number of fused-ring (bicyclic) bond motifs is 1. The topological polar surface area (TPSA) is 80.7 Å². The van der Waals surface area contributed by atoms with Gasteiger partial charge in [0.15, 0.2) is 5.82 Å². The highest BCUT2D eigenvalue weighted by Gasteiger charge is 2.41. The zero-order valence-electron chi connectivity index (χ0n) is 10.3. The van der Waals surface area contributed by atoms with Crippen molar-refractivity contribution in [1.29, 1.82) is 0 Å². The highest BCUT2D eigenvalue weighted by Crippen LogP contribution is 2.31. The summed E-state index contributed by atoms with van der Waals surface area (Å²) in [5, 5.41) is 0. The van der Waals surface area contributed by atoms with Gasteiger partial charge in [0.1, 0.15) is 25.1 Å². The molecule has 0 fully saturated rings. The SMILES string of the molecule is C1=NC=NC2=CN=C[N+]12c1cncn1-c1cnccn1. The molecule has 4 heterocycles. The van der Waals surface area contributed by atoms with Crippen LogP contribution in [0, 0.1) is 0 Å². The zero-order chi connectivity index (χ0) is 13.4. The molecule has 0 aliphatic carbocycles. The first-order valence-electron chi connectivity index (χ1n) is 5.90. The van der Waals surface area contributed by atoms with E-state index < -0.39 is 0 Å². The number of nitrogens with zero attached hydrogens (tertiary/aromatic N) is 8. The van der Waals surface area contributed by atoms with Gasteiger partial charge in [0.25, 0.3) is 11.6 Å². The van der Waals surface area contributed by atoms with Gasteiger partial charge in [-0.15, -0.1) is 4.48 Å². The third kappa shape index (κ3) is 1.39. The van der Waals surface area contributed by atoms with Gasteiger partial charge in [-0.3, -0.25) is 4.98 Å². The summed E-state index contributed by atoms with van der Waals surface area (Å²) in [7, 11) is 0. The molecule has 20 heavy (non-hydrogen) atoms. The smallest absolute Gasteiger partial charge is 0.259 e. The lowest BCUT2D eigenvalue weighted by Gasteiger charge is -2.25. The molecule has 0 N–H and O–H groups in total. The van der Waals surface area contributed by atoms with E-state index in [0.29, 0.717) is 5.82 Å². The van der Waals surface area contributed by atoms with Crippen LogP contribution in [0.4, 0.5) is 5.82 Å². The predicted molar refractivity (Wildman–Crippen MR) is 74.5 cm³/mol. The molecule has 4 rings (SSSR count). The van der Waals surface area contributed by atoms with Crippen molar-refractivity contribution in [2.75, 3.05) is 0 Å². The molecule has 2 aromatic rings. The first-order valence-corrected chi connectivity index (χ1v) is 5.90. The monoisotopic (exact) mass is 265 g/mol. The van der Waals surface area contributed by atoms with Gasteiger partial charge in [0.05, 0.1) is 6.20 Å². The highest BCUT2D eigenvalue weighted by molar-refractivity contribution is 6.01. The normalized spacial score (nSPS) is 22.9. The van der Waals surface area contributed by atoms with Crippen LogP contribution in [0.2, 0.25) is 0 Å². The second-order valence-electron chi connectivity index (χ2n) is 4.22. The Balaban J connectivity index is 1.91. The molecule has 2 aliphatic heterocycles. The van der Waals surface area contributed by atoms with Crippen LogP contribution >= 0.6 is 0 Å². The van der Waals surface area contributed by atoms with Crippen molar-refractivity contribution in [3.05, 3.63) is 43.1 Å². The molecule has 0 aromatic carbocycles. The molecule has 0 radical (unpaired) electrons. The third-order valence-corrected chi connectivity index (χ3v) is 3.12. The van der Waals surface area contributed by atoms with E-state index in [1.807, 2.05) is 4.57 Å². The molecular formula is C12H9N8+. The number of quaternary nitrogens is 1. The standard InChI is InChI=1S/C12H9N8/c1-2-17-10(3-13-1)19-7-14-5-12(19)20-8-15-4-11(20)18-6-16-9-20/h1-9H/q+1. The molecule has 2 aromatic heterocycles. The van der Waals surface area contributed by atoms with E-state index in [1.165, 1.54) is 6.34 Å². The van der Waals surface area contributed by atoms with Crippen LogP contribution in [0.5, 0.6) is 0 Å². The van der Waals surface area contributed by atoms with Gasteiger partial charge in [0, 0.05) is 12.4 Å². The Hall–Kier alpha value is -3.00. The van der Waals surface area contributed by atoms with Crippen molar-refractivity contribution in [2.45, 2.75) is 0 Å². The predicted octanol–water partition coefficient (Wildman–Crippen LogP) is 0.881. The molecule has 2 aliphatic rings. The van der Waals surface area contributed by atoms with Gasteiger partial charge in [-0.25, -0.2) is 19.5 Å². The molecule has 1 unspecified atom stereocenters. The van der Waals surface area contributed by atoms with Crippen LogP contribution in [0.15, 0.2) is 58.1 Å². The largest absolute Gasteiger partial charge is 0.266 e. The fourth-order valence-corrected chi connectivity index (χ4v) is 2.19. The first-order chi connectivity index (χ1) is 9.90. The molecule has 8 heteroatoms. The Morgan fingerprint density at radius 2 is 1.95 bits per heavy atom. The average molecular weight is 265 g/mol. The molecule has 96 valence electrons. The molecular weight excluding hydrogens is 256 g/mol. The van der Waals surface area contributed by atoms with Crippen LogP contribution in [-0.2, 0) is 0 Å². The fraction of sp³-hybridized carbons (Fsp3) is 0. The van der Waals surface area contributed by atoms with Gasteiger partial charge >= 0.3 is 0 Å². The van der Waals surface area contributed by atoms with Gasteiger partial charge < -0.3 is 0 Å². The fourth-order valence-electron chi connectivity index (χ4n) is 2.19. The van der Waals surface area contributed by atoms with Crippen LogP contribution in [0.3, 0.4) is 0 Å². The zero-order valence-corrected chi connectivity index (χ0v) is 10.3. The van der Waals surface area contributed by atoms with Gasteiger partial charge in [0.2, 0.25) is 12.7 Å². The summed E-state index contributed by atoms with van der Waals surface area (Å²) in [6.45, 7) is 0. The van der Waals surface area contributed by atoms with Gasteiger partial charge in [-0.1, -0.05) is 0 Å². The van der Waals surface area contributed by atoms with E-state index in [-0.39, 0.29) is 4.48 Å². The molecule has 0 saturated heterocycles. The van der Waals surface area contributed by atoms with Gasteiger partial charge in [-0.05, 0) is 0 Å². The van der Waals surface area contributed by atoms with E-state index >= 15 is 0 Å². The van der Waals surface area contributed by atoms with Crippen LogP contribution in [0.1, 0.15) is 0 Å². The summed E-state index contributed by atoms with van der Waals surface area (Å²) in [6, 6.07) is 0. The van der Waals surface area contributed by atoms with Crippen molar-refractivity contribution >= 4 is 24.8 Å². The third-order valence-electron chi connectivity index (χ3n) is 3.12. The second-order valence-corrected chi connectivity index (χ2v) is 4.22. The molecule has 0 bridgehead atoms. The number of imidazole rings is 1. The van der Waals surface area contributed by atoms with E-state index in [0.717, 1.165) is 11.6 Å². The van der Waals surface area contributed by atoms with E-state index in [1.54, 1.807) is 50.0 Å². The van der Waals surface area contributed by atoms with E-state index in [4.69, 9.17) is 0 Å². The van der Waals surface area contributed by atoms with Crippen molar-refractivity contribution in [1.82, 2.24) is 24.0 Å². The van der Waals surface area contributed by atoms with Crippen LogP contribution < -0.4 is 4.48 Å². The van der Waals surface area contributed by atoms with Gasteiger partial charge in [-0.2, -0.15) is 9.98 Å². The number of hydrogen-bond acceptors (Lipinski definition) is 6. The summed E-state index contributed by atoms with van der Waals surface area (Å²) in [5.74, 6) is 2.25. The summed E-state index contributed by atoms with van der Waals surface area (Å²) >= 11 is 0. The Bertz CT molecular complexity index is 770. The first kappa shape index (κ1) is 10.9. The quantitative estimate of drug-likeness (QED) is 0.756. The maximum Gasteiger partial charge on any atom is 0.266 e. The maximum atomic E-state index is 4.29. The Kier molecular flexibility index (Phi) is 2.18. The molecule has 0 amide bonds. The van der Waals surface area contributed by atoms with Crippen molar-refractivity contribution < 1.29 is 0 Å². The van der Waals surface area contributed by atoms with E-state index in [2.05, 4.69) is 29.9 Å². The van der Waals surface area contributed by atoms with Crippen LogP contribution in [0.25, 0.3) is 5.82 Å². The lowest BCUT2D eigenvalue weighted by atomic mass is 10.4.